The van der Waals surface area contributed by atoms with E-state index in [-0.39, 0.29) is 0 Å². The number of piperazine rings is 1. The number of hydrogen-bond acceptors (Lipinski definition) is 4. The predicted octanol–water partition coefficient (Wildman–Crippen LogP) is 2.79. The van der Waals surface area contributed by atoms with Gasteiger partial charge in [0.05, 0.1) is 6.54 Å². The summed E-state index contributed by atoms with van der Waals surface area (Å²) in [6, 6.07) is 12.8. The summed E-state index contributed by atoms with van der Waals surface area (Å²) >= 11 is 0. The van der Waals surface area contributed by atoms with Gasteiger partial charge in [0, 0.05) is 45.5 Å². The van der Waals surface area contributed by atoms with Crippen LogP contribution in [0.2, 0.25) is 0 Å². The maximum absolute atomic E-state index is 4.71. The van der Waals surface area contributed by atoms with Gasteiger partial charge in [0.25, 0.3) is 0 Å². The van der Waals surface area contributed by atoms with Crippen LogP contribution in [0.1, 0.15) is 30.5 Å². The molecule has 2 aromatic rings. The normalized spacial score (nSPS) is 15.4. The molecule has 1 saturated heterocycles. The molecule has 1 aromatic heterocycles. The molecule has 156 valence electrons. The third-order valence-corrected chi connectivity index (χ3v) is 5.30. The molecule has 2 heterocycles. The van der Waals surface area contributed by atoms with Crippen molar-refractivity contribution in [3.63, 3.8) is 0 Å². The highest BCUT2D eigenvalue weighted by atomic mass is 15.3. The van der Waals surface area contributed by atoms with Crippen LogP contribution in [0.3, 0.4) is 0 Å². The summed E-state index contributed by atoms with van der Waals surface area (Å²) in [5, 5.41) is 6.72. The van der Waals surface area contributed by atoms with E-state index >= 15 is 0 Å². The molecular weight excluding hydrogens is 360 g/mol. The summed E-state index contributed by atoms with van der Waals surface area (Å²) in [6.45, 7) is 14.1. The molecule has 1 aliphatic rings. The van der Waals surface area contributed by atoms with Crippen LogP contribution in [0.25, 0.3) is 0 Å². The van der Waals surface area contributed by atoms with Crippen molar-refractivity contribution in [1.82, 2.24) is 20.5 Å². The van der Waals surface area contributed by atoms with Gasteiger partial charge in [-0.2, -0.15) is 0 Å². The Morgan fingerprint density at radius 1 is 0.966 bits per heavy atom. The smallest absolute Gasteiger partial charge is 0.191 e. The number of anilines is 1. The zero-order chi connectivity index (χ0) is 20.5. The maximum atomic E-state index is 4.71. The molecule has 0 bridgehead atoms. The molecule has 0 unspecified atom stereocenters. The summed E-state index contributed by atoms with van der Waals surface area (Å²) in [5.74, 6) is 1.89. The van der Waals surface area contributed by atoms with Gasteiger partial charge in [0.2, 0.25) is 0 Å². The highest BCUT2D eigenvalue weighted by Crippen LogP contribution is 2.14. The second-order valence-corrected chi connectivity index (χ2v) is 7.48. The Morgan fingerprint density at radius 2 is 1.69 bits per heavy atom. The van der Waals surface area contributed by atoms with E-state index in [0.29, 0.717) is 6.54 Å². The van der Waals surface area contributed by atoms with E-state index in [4.69, 9.17) is 4.99 Å². The number of rotatable bonds is 7. The standard InChI is InChI=1S/C23H34N6/c1-4-24-23(26-16-20-8-6-19(3)7-9-20)27-18-21-10-11-22(25-17-21)29-14-12-28(5-2)13-15-29/h6-11,17H,4-5,12-16,18H2,1-3H3,(H2,24,26,27). The number of hydrogen-bond donors (Lipinski definition) is 2. The molecule has 2 N–H and O–H groups in total. The first kappa shape index (κ1) is 21.1. The van der Waals surface area contributed by atoms with Crippen molar-refractivity contribution in [2.24, 2.45) is 4.99 Å². The number of nitrogens with one attached hydrogen (secondary N) is 2. The molecule has 1 aromatic carbocycles. The van der Waals surface area contributed by atoms with Gasteiger partial charge in [-0.15, -0.1) is 0 Å². The summed E-state index contributed by atoms with van der Waals surface area (Å²) in [6.07, 6.45) is 1.95. The maximum Gasteiger partial charge on any atom is 0.191 e. The average molecular weight is 395 g/mol. The van der Waals surface area contributed by atoms with Crippen molar-refractivity contribution in [3.05, 3.63) is 59.3 Å². The molecular formula is C23H34N6. The molecule has 6 heteroatoms. The van der Waals surface area contributed by atoms with E-state index in [1.165, 1.54) is 11.1 Å². The summed E-state index contributed by atoms with van der Waals surface area (Å²) in [4.78, 5) is 14.2. The third-order valence-electron chi connectivity index (χ3n) is 5.30. The molecule has 0 saturated carbocycles. The molecule has 3 rings (SSSR count). The Hall–Kier alpha value is -2.60. The van der Waals surface area contributed by atoms with Gasteiger partial charge in [-0.3, -0.25) is 0 Å². The fourth-order valence-corrected chi connectivity index (χ4v) is 3.39. The van der Waals surface area contributed by atoms with Crippen LogP contribution in [0.4, 0.5) is 5.82 Å². The van der Waals surface area contributed by atoms with Crippen molar-refractivity contribution in [2.45, 2.75) is 33.9 Å². The van der Waals surface area contributed by atoms with Crippen molar-refractivity contribution < 1.29 is 0 Å². The van der Waals surface area contributed by atoms with E-state index in [2.05, 4.69) is 82.6 Å². The first-order valence-corrected chi connectivity index (χ1v) is 10.7. The van der Waals surface area contributed by atoms with Gasteiger partial charge in [-0.1, -0.05) is 42.8 Å². The summed E-state index contributed by atoms with van der Waals surface area (Å²) in [7, 11) is 0. The highest BCUT2D eigenvalue weighted by molar-refractivity contribution is 5.79. The van der Waals surface area contributed by atoms with Crippen LogP contribution in [-0.4, -0.2) is 55.1 Å². The number of guanidine groups is 1. The molecule has 0 amide bonds. The van der Waals surface area contributed by atoms with Gasteiger partial charge in [0.15, 0.2) is 5.96 Å². The van der Waals surface area contributed by atoms with Crippen molar-refractivity contribution >= 4 is 11.8 Å². The minimum atomic E-state index is 0.611. The van der Waals surface area contributed by atoms with Gasteiger partial charge in [0.1, 0.15) is 5.82 Å². The molecule has 1 aliphatic heterocycles. The van der Waals surface area contributed by atoms with Crippen LogP contribution >= 0.6 is 0 Å². The first-order chi connectivity index (χ1) is 14.2. The minimum Gasteiger partial charge on any atom is -0.357 e. The minimum absolute atomic E-state index is 0.611. The monoisotopic (exact) mass is 394 g/mol. The number of nitrogens with zero attached hydrogens (tertiary/aromatic N) is 4. The van der Waals surface area contributed by atoms with Crippen molar-refractivity contribution in [1.29, 1.82) is 0 Å². The molecule has 6 nitrogen and oxygen atoms in total. The lowest BCUT2D eigenvalue weighted by atomic mass is 10.1. The van der Waals surface area contributed by atoms with Gasteiger partial charge in [-0.05, 0) is 37.6 Å². The molecule has 0 atom stereocenters. The largest absolute Gasteiger partial charge is 0.357 e. The number of aryl methyl sites for hydroxylation is 1. The Labute approximate surface area is 175 Å². The Bertz CT molecular complexity index is 761. The lowest BCUT2D eigenvalue weighted by Crippen LogP contribution is -2.46. The molecule has 0 spiro atoms. The lowest BCUT2D eigenvalue weighted by molar-refractivity contribution is 0.270. The number of benzene rings is 1. The number of likely N-dealkylation sites (N-methyl/N-ethyl adjacent to an activating group) is 1. The Morgan fingerprint density at radius 3 is 2.31 bits per heavy atom. The van der Waals surface area contributed by atoms with E-state index < -0.39 is 0 Å². The van der Waals surface area contributed by atoms with E-state index in [0.717, 1.165) is 63.2 Å². The van der Waals surface area contributed by atoms with Crippen molar-refractivity contribution in [3.8, 4) is 0 Å². The Balaban J connectivity index is 1.54. The van der Waals surface area contributed by atoms with Gasteiger partial charge in [-0.25, -0.2) is 9.98 Å². The van der Waals surface area contributed by atoms with Crippen LogP contribution in [0, 0.1) is 6.92 Å². The van der Waals surface area contributed by atoms with E-state index in [1.807, 2.05) is 6.20 Å². The summed E-state index contributed by atoms with van der Waals surface area (Å²) in [5.41, 5.74) is 3.64. The van der Waals surface area contributed by atoms with Gasteiger partial charge >= 0.3 is 0 Å². The first-order valence-electron chi connectivity index (χ1n) is 10.7. The van der Waals surface area contributed by atoms with E-state index in [9.17, 15) is 0 Å². The molecule has 29 heavy (non-hydrogen) atoms. The van der Waals surface area contributed by atoms with Crippen LogP contribution in [0.15, 0.2) is 47.6 Å². The number of aliphatic imine (C=N–C) groups is 1. The SMILES string of the molecule is CCNC(=NCc1ccc(N2CCN(CC)CC2)nc1)NCc1ccc(C)cc1. The number of aromatic nitrogens is 1. The average Bonchev–Trinajstić information content (AvgIpc) is 2.77. The Kier molecular flexibility index (Phi) is 7.87. The second-order valence-electron chi connectivity index (χ2n) is 7.48. The zero-order valence-corrected chi connectivity index (χ0v) is 18.0. The van der Waals surface area contributed by atoms with Crippen molar-refractivity contribution in [2.75, 3.05) is 44.2 Å². The third kappa shape index (κ3) is 6.46. The van der Waals surface area contributed by atoms with Crippen LogP contribution < -0.4 is 15.5 Å². The molecule has 0 radical (unpaired) electrons. The fraction of sp³-hybridized carbons (Fsp3) is 0.478. The molecule has 1 fully saturated rings. The highest BCUT2D eigenvalue weighted by Gasteiger charge is 2.16. The van der Waals surface area contributed by atoms with E-state index in [1.54, 1.807) is 0 Å². The van der Waals surface area contributed by atoms with Crippen LogP contribution in [0.5, 0.6) is 0 Å². The molecule has 0 aliphatic carbocycles. The topological polar surface area (TPSA) is 55.8 Å². The quantitative estimate of drug-likeness (QED) is 0.559. The fourth-order valence-electron chi connectivity index (χ4n) is 3.39. The lowest BCUT2D eigenvalue weighted by Gasteiger charge is -2.34. The van der Waals surface area contributed by atoms with Crippen LogP contribution in [-0.2, 0) is 13.1 Å². The second kappa shape index (κ2) is 10.8. The predicted molar refractivity (Wildman–Crippen MR) is 121 cm³/mol. The summed E-state index contributed by atoms with van der Waals surface area (Å²) < 4.78 is 0. The zero-order valence-electron chi connectivity index (χ0n) is 18.0. The van der Waals surface area contributed by atoms with Gasteiger partial charge < -0.3 is 20.4 Å². The number of pyridine rings is 1.